The number of benzene rings is 2. The Labute approximate surface area is 117 Å². The van der Waals surface area contributed by atoms with Crippen LogP contribution in [0.4, 0.5) is 0 Å². The van der Waals surface area contributed by atoms with E-state index in [0.29, 0.717) is 16.5 Å². The molecule has 2 rings (SSSR count). The third-order valence-corrected chi connectivity index (χ3v) is 3.65. The van der Waals surface area contributed by atoms with Crippen LogP contribution in [0.5, 0.6) is 0 Å². The largest absolute Gasteiger partial charge is 0.388 e. The third kappa shape index (κ3) is 2.86. The number of hydrogen-bond acceptors (Lipinski definition) is 1. The summed E-state index contributed by atoms with van der Waals surface area (Å²) in [5.41, 5.74) is 2.94. The van der Waals surface area contributed by atoms with Gasteiger partial charge < -0.3 is 5.11 Å². The van der Waals surface area contributed by atoms with E-state index in [4.69, 9.17) is 23.2 Å². The lowest BCUT2D eigenvalue weighted by molar-refractivity contribution is 0.174. The standard InChI is InChI=1S/C15H14Cl2O/c1-2-15(18)12-5-3-4-10(8-12)11-6-7-13(16)14(17)9-11/h3-9,15,18H,2H2,1H3/t15-/m1/s1. The van der Waals surface area contributed by atoms with Crippen LogP contribution >= 0.6 is 23.2 Å². The first-order chi connectivity index (χ1) is 8.61. The highest BCUT2D eigenvalue weighted by Gasteiger charge is 2.07. The first-order valence-corrected chi connectivity index (χ1v) is 6.61. The van der Waals surface area contributed by atoms with Crippen LogP contribution in [-0.2, 0) is 0 Å². The van der Waals surface area contributed by atoms with Crippen molar-refractivity contribution >= 4 is 23.2 Å². The Balaban J connectivity index is 2.41. The average Bonchev–Trinajstić information content (AvgIpc) is 2.41. The fourth-order valence-electron chi connectivity index (χ4n) is 1.84. The maximum absolute atomic E-state index is 9.85. The highest BCUT2D eigenvalue weighted by atomic mass is 35.5. The van der Waals surface area contributed by atoms with Gasteiger partial charge in [-0.15, -0.1) is 0 Å². The van der Waals surface area contributed by atoms with Crippen LogP contribution in [0.15, 0.2) is 42.5 Å². The zero-order valence-electron chi connectivity index (χ0n) is 10.0. The van der Waals surface area contributed by atoms with Gasteiger partial charge in [-0.3, -0.25) is 0 Å². The third-order valence-electron chi connectivity index (χ3n) is 2.91. The molecular formula is C15H14Cl2O. The van der Waals surface area contributed by atoms with E-state index in [1.54, 1.807) is 6.07 Å². The molecular weight excluding hydrogens is 267 g/mol. The van der Waals surface area contributed by atoms with Crippen LogP contribution in [0.2, 0.25) is 10.0 Å². The molecule has 0 saturated carbocycles. The molecule has 1 nitrogen and oxygen atoms in total. The van der Waals surface area contributed by atoms with Crippen molar-refractivity contribution in [3.63, 3.8) is 0 Å². The second kappa shape index (κ2) is 5.75. The first-order valence-electron chi connectivity index (χ1n) is 5.85. The molecule has 1 N–H and O–H groups in total. The zero-order valence-corrected chi connectivity index (χ0v) is 11.5. The van der Waals surface area contributed by atoms with Gasteiger partial charge in [-0.1, -0.05) is 54.4 Å². The van der Waals surface area contributed by atoms with Gasteiger partial charge in [0.1, 0.15) is 0 Å². The molecule has 0 radical (unpaired) electrons. The summed E-state index contributed by atoms with van der Waals surface area (Å²) in [7, 11) is 0. The maximum atomic E-state index is 9.85. The second-order valence-corrected chi connectivity index (χ2v) is 4.99. The molecule has 0 saturated heterocycles. The minimum atomic E-state index is -0.423. The monoisotopic (exact) mass is 280 g/mol. The highest BCUT2D eigenvalue weighted by molar-refractivity contribution is 6.42. The normalized spacial score (nSPS) is 12.4. The molecule has 94 valence electrons. The van der Waals surface area contributed by atoms with Crippen LogP contribution in [0, 0.1) is 0 Å². The van der Waals surface area contributed by atoms with Crippen molar-refractivity contribution in [1.29, 1.82) is 0 Å². The number of rotatable bonds is 3. The van der Waals surface area contributed by atoms with Gasteiger partial charge in [-0.25, -0.2) is 0 Å². The molecule has 0 aromatic heterocycles. The van der Waals surface area contributed by atoms with Gasteiger partial charge in [0.2, 0.25) is 0 Å². The van der Waals surface area contributed by atoms with Gasteiger partial charge in [0.15, 0.2) is 0 Å². The van der Waals surface area contributed by atoms with Crippen molar-refractivity contribution in [3.8, 4) is 11.1 Å². The predicted octanol–water partition coefficient (Wildman–Crippen LogP) is 5.10. The summed E-state index contributed by atoms with van der Waals surface area (Å²) >= 11 is 11.9. The van der Waals surface area contributed by atoms with Crippen molar-refractivity contribution in [1.82, 2.24) is 0 Å². The van der Waals surface area contributed by atoms with E-state index in [1.807, 2.05) is 43.3 Å². The number of aliphatic hydroxyl groups excluding tert-OH is 1. The molecule has 2 aromatic carbocycles. The molecule has 0 heterocycles. The molecule has 1 atom stereocenters. The average molecular weight is 281 g/mol. The summed E-state index contributed by atoms with van der Waals surface area (Å²) < 4.78 is 0. The molecule has 0 unspecified atom stereocenters. The van der Waals surface area contributed by atoms with Crippen LogP contribution in [0.3, 0.4) is 0 Å². The lowest BCUT2D eigenvalue weighted by atomic mass is 10.00. The van der Waals surface area contributed by atoms with E-state index in [9.17, 15) is 5.11 Å². The second-order valence-electron chi connectivity index (χ2n) is 4.18. The molecule has 0 aliphatic rings. The van der Waals surface area contributed by atoms with Crippen LogP contribution < -0.4 is 0 Å². The summed E-state index contributed by atoms with van der Waals surface area (Å²) in [6.07, 6.45) is 0.276. The number of hydrogen-bond donors (Lipinski definition) is 1. The zero-order chi connectivity index (χ0) is 13.1. The van der Waals surface area contributed by atoms with Crippen molar-refractivity contribution in [3.05, 3.63) is 58.1 Å². The first kappa shape index (κ1) is 13.4. The molecule has 0 aliphatic heterocycles. The SMILES string of the molecule is CC[C@@H](O)c1cccc(-c2ccc(Cl)c(Cl)c2)c1. The molecule has 3 heteroatoms. The summed E-state index contributed by atoms with van der Waals surface area (Å²) in [5, 5.41) is 10.9. The molecule has 0 fully saturated rings. The van der Waals surface area contributed by atoms with Gasteiger partial charge in [-0.05, 0) is 41.3 Å². The Morgan fingerprint density at radius 1 is 1.00 bits per heavy atom. The quantitative estimate of drug-likeness (QED) is 0.829. The van der Waals surface area contributed by atoms with Crippen molar-refractivity contribution in [2.45, 2.75) is 19.4 Å². The van der Waals surface area contributed by atoms with Crippen molar-refractivity contribution in [2.75, 3.05) is 0 Å². The Hall–Kier alpha value is -1.02. The minimum absolute atomic E-state index is 0.423. The summed E-state index contributed by atoms with van der Waals surface area (Å²) in [6.45, 7) is 1.95. The van der Waals surface area contributed by atoms with Crippen molar-refractivity contribution < 1.29 is 5.11 Å². The van der Waals surface area contributed by atoms with Crippen LogP contribution in [0.1, 0.15) is 25.0 Å². The highest BCUT2D eigenvalue weighted by Crippen LogP contribution is 2.30. The summed E-state index contributed by atoms with van der Waals surface area (Å²) in [4.78, 5) is 0. The topological polar surface area (TPSA) is 20.2 Å². The van der Waals surface area contributed by atoms with Gasteiger partial charge in [-0.2, -0.15) is 0 Å². The van der Waals surface area contributed by atoms with E-state index < -0.39 is 6.10 Å². The lowest BCUT2D eigenvalue weighted by Gasteiger charge is -2.10. The predicted molar refractivity (Wildman–Crippen MR) is 77.1 cm³/mol. The molecule has 0 spiro atoms. The molecule has 0 aliphatic carbocycles. The van der Waals surface area contributed by atoms with Crippen molar-refractivity contribution in [2.24, 2.45) is 0 Å². The summed E-state index contributed by atoms with van der Waals surface area (Å²) in [5.74, 6) is 0. The molecule has 2 aromatic rings. The van der Waals surface area contributed by atoms with Gasteiger partial charge >= 0.3 is 0 Å². The Morgan fingerprint density at radius 3 is 2.39 bits per heavy atom. The maximum Gasteiger partial charge on any atom is 0.0787 e. The Kier molecular flexibility index (Phi) is 4.28. The Bertz CT molecular complexity index is 552. The van der Waals surface area contributed by atoms with Gasteiger partial charge in [0.05, 0.1) is 16.1 Å². The van der Waals surface area contributed by atoms with E-state index in [0.717, 1.165) is 16.7 Å². The fourth-order valence-corrected chi connectivity index (χ4v) is 2.13. The number of aliphatic hydroxyl groups is 1. The van der Waals surface area contributed by atoms with Gasteiger partial charge in [0, 0.05) is 0 Å². The number of halogens is 2. The molecule has 0 amide bonds. The fraction of sp³-hybridized carbons (Fsp3) is 0.200. The van der Waals surface area contributed by atoms with E-state index in [1.165, 1.54) is 0 Å². The van der Waals surface area contributed by atoms with Crippen LogP contribution in [-0.4, -0.2) is 5.11 Å². The Morgan fingerprint density at radius 2 is 1.72 bits per heavy atom. The molecule has 18 heavy (non-hydrogen) atoms. The van der Waals surface area contributed by atoms with Crippen LogP contribution in [0.25, 0.3) is 11.1 Å². The minimum Gasteiger partial charge on any atom is -0.388 e. The lowest BCUT2D eigenvalue weighted by Crippen LogP contribution is -1.94. The van der Waals surface area contributed by atoms with Gasteiger partial charge in [0.25, 0.3) is 0 Å². The van der Waals surface area contributed by atoms with E-state index >= 15 is 0 Å². The van der Waals surface area contributed by atoms with E-state index in [2.05, 4.69) is 0 Å². The molecule has 0 bridgehead atoms. The van der Waals surface area contributed by atoms with E-state index in [-0.39, 0.29) is 0 Å². The smallest absolute Gasteiger partial charge is 0.0787 e. The summed E-state index contributed by atoms with van der Waals surface area (Å²) in [6, 6.07) is 13.4.